The monoisotopic (exact) mass is 345 g/mol. The van der Waals surface area contributed by atoms with Crippen molar-refractivity contribution in [2.45, 2.75) is 12.3 Å². The maximum absolute atomic E-state index is 12.1. The fourth-order valence-corrected chi connectivity index (χ4v) is 2.79. The molecule has 4 rings (SSSR count). The van der Waals surface area contributed by atoms with Gasteiger partial charge in [-0.1, -0.05) is 6.07 Å². The summed E-state index contributed by atoms with van der Waals surface area (Å²) in [6.45, 7) is 0. The lowest BCUT2D eigenvalue weighted by atomic mass is 9.99. The summed E-state index contributed by atoms with van der Waals surface area (Å²) in [6.07, 6.45) is 10.6. The Balaban J connectivity index is 1.78. The number of rotatable bonds is 5. The molecule has 8 nitrogen and oxygen atoms in total. The second-order valence-corrected chi connectivity index (χ2v) is 5.82. The van der Waals surface area contributed by atoms with Crippen LogP contribution in [0.4, 0.5) is 0 Å². The molecule has 0 spiro atoms. The summed E-state index contributed by atoms with van der Waals surface area (Å²) in [4.78, 5) is 24.7. The van der Waals surface area contributed by atoms with Crippen molar-refractivity contribution in [3.05, 3.63) is 72.8 Å². The van der Waals surface area contributed by atoms with Gasteiger partial charge < -0.3 is 5.73 Å². The van der Waals surface area contributed by atoms with Crippen molar-refractivity contribution >= 4 is 11.6 Å². The van der Waals surface area contributed by atoms with E-state index >= 15 is 0 Å². The van der Waals surface area contributed by atoms with Crippen molar-refractivity contribution in [1.82, 2.24) is 29.5 Å². The summed E-state index contributed by atoms with van der Waals surface area (Å²) in [5.74, 6) is -0.620. The van der Waals surface area contributed by atoms with E-state index in [9.17, 15) is 4.79 Å². The first-order chi connectivity index (χ1) is 12.7. The first kappa shape index (κ1) is 15.8. The molecule has 2 N–H and O–H groups in total. The van der Waals surface area contributed by atoms with Crippen LogP contribution in [-0.2, 0) is 11.2 Å². The van der Waals surface area contributed by atoms with Gasteiger partial charge in [0, 0.05) is 36.5 Å². The first-order valence-electron chi connectivity index (χ1n) is 8.01. The molecule has 0 aliphatic rings. The molecule has 0 aromatic carbocycles. The van der Waals surface area contributed by atoms with Gasteiger partial charge in [0.15, 0.2) is 5.65 Å². The van der Waals surface area contributed by atoms with Crippen LogP contribution in [0.3, 0.4) is 0 Å². The van der Waals surface area contributed by atoms with Gasteiger partial charge in [-0.3, -0.25) is 24.1 Å². The molecule has 1 unspecified atom stereocenters. The third-order valence-electron chi connectivity index (χ3n) is 4.09. The van der Waals surface area contributed by atoms with E-state index in [1.165, 1.54) is 0 Å². The summed E-state index contributed by atoms with van der Waals surface area (Å²) >= 11 is 0. The Morgan fingerprint density at radius 2 is 1.88 bits per heavy atom. The predicted molar refractivity (Wildman–Crippen MR) is 93.9 cm³/mol. The van der Waals surface area contributed by atoms with E-state index in [2.05, 4.69) is 25.1 Å². The van der Waals surface area contributed by atoms with Crippen LogP contribution < -0.4 is 5.73 Å². The zero-order valence-corrected chi connectivity index (χ0v) is 13.7. The lowest BCUT2D eigenvalue weighted by Gasteiger charge is -2.12. The van der Waals surface area contributed by atoms with Crippen molar-refractivity contribution in [3.8, 4) is 11.3 Å². The van der Waals surface area contributed by atoms with E-state index in [-0.39, 0.29) is 0 Å². The highest BCUT2D eigenvalue weighted by Crippen LogP contribution is 2.22. The van der Waals surface area contributed by atoms with Gasteiger partial charge in [-0.2, -0.15) is 0 Å². The molecule has 0 radical (unpaired) electrons. The zero-order valence-electron chi connectivity index (χ0n) is 13.7. The molecule has 4 aromatic heterocycles. The van der Waals surface area contributed by atoms with Crippen LogP contribution in [0, 0.1) is 0 Å². The molecule has 26 heavy (non-hydrogen) atoms. The van der Waals surface area contributed by atoms with Crippen molar-refractivity contribution in [3.63, 3.8) is 0 Å². The summed E-state index contributed by atoms with van der Waals surface area (Å²) in [5, 5.41) is 8.29. The maximum atomic E-state index is 12.1. The predicted octanol–water partition coefficient (Wildman–Crippen LogP) is 1.39. The van der Waals surface area contributed by atoms with Gasteiger partial charge in [0.25, 0.3) is 0 Å². The summed E-state index contributed by atoms with van der Waals surface area (Å²) < 4.78 is 1.75. The molecule has 4 heterocycles. The molecule has 0 saturated heterocycles. The lowest BCUT2D eigenvalue weighted by Crippen LogP contribution is -2.25. The Labute approximate surface area is 148 Å². The minimum atomic E-state index is -0.627. The van der Waals surface area contributed by atoms with Gasteiger partial charge in [-0.05, 0) is 30.2 Å². The second kappa shape index (κ2) is 6.67. The van der Waals surface area contributed by atoms with Crippen LogP contribution in [0.1, 0.15) is 17.3 Å². The van der Waals surface area contributed by atoms with E-state index in [0.717, 1.165) is 11.1 Å². The van der Waals surface area contributed by atoms with Crippen molar-refractivity contribution in [1.29, 1.82) is 0 Å². The Morgan fingerprint density at radius 1 is 1.08 bits per heavy atom. The largest absolute Gasteiger partial charge is 0.369 e. The molecule has 0 fully saturated rings. The van der Waals surface area contributed by atoms with E-state index in [4.69, 9.17) is 5.73 Å². The Morgan fingerprint density at radius 3 is 2.58 bits per heavy atom. The second-order valence-electron chi connectivity index (χ2n) is 5.82. The highest BCUT2D eigenvalue weighted by Gasteiger charge is 2.24. The van der Waals surface area contributed by atoms with Gasteiger partial charge in [0.1, 0.15) is 11.7 Å². The van der Waals surface area contributed by atoms with Crippen LogP contribution in [0.15, 0.2) is 61.4 Å². The maximum Gasteiger partial charge on any atom is 0.228 e. The lowest BCUT2D eigenvalue weighted by molar-refractivity contribution is -0.119. The number of nitrogens with zero attached hydrogens (tertiary/aromatic N) is 6. The number of carbonyl (C=O) groups excluding carboxylic acids is 1. The Kier molecular flexibility index (Phi) is 4.06. The third kappa shape index (κ3) is 3.00. The average molecular weight is 345 g/mol. The van der Waals surface area contributed by atoms with E-state index < -0.39 is 11.8 Å². The SMILES string of the molecule is NC(=O)C(Cc1cccnc1)c1nnc2cnc(-c3cccnc3)cn12. The molecule has 0 bridgehead atoms. The fourth-order valence-electron chi connectivity index (χ4n) is 2.79. The third-order valence-corrected chi connectivity index (χ3v) is 4.09. The Hall–Kier alpha value is -3.68. The van der Waals surface area contributed by atoms with Crippen molar-refractivity contribution in [2.24, 2.45) is 5.73 Å². The number of primary amides is 1. The van der Waals surface area contributed by atoms with Crippen LogP contribution in [-0.4, -0.2) is 35.5 Å². The van der Waals surface area contributed by atoms with Gasteiger partial charge in [0.05, 0.1) is 11.9 Å². The fraction of sp³-hybridized carbons (Fsp3) is 0.111. The molecule has 0 aliphatic carbocycles. The molecule has 128 valence electrons. The van der Waals surface area contributed by atoms with E-state index in [0.29, 0.717) is 23.6 Å². The minimum Gasteiger partial charge on any atom is -0.369 e. The molecule has 1 amide bonds. The van der Waals surface area contributed by atoms with Crippen molar-refractivity contribution in [2.75, 3.05) is 0 Å². The zero-order chi connectivity index (χ0) is 17.9. The smallest absolute Gasteiger partial charge is 0.228 e. The quantitative estimate of drug-likeness (QED) is 0.585. The number of fused-ring (bicyclic) bond motifs is 1. The van der Waals surface area contributed by atoms with E-state index in [1.54, 1.807) is 41.6 Å². The van der Waals surface area contributed by atoms with Gasteiger partial charge >= 0.3 is 0 Å². The number of carbonyl (C=O) groups is 1. The number of hydrogen-bond acceptors (Lipinski definition) is 6. The Bertz CT molecular complexity index is 1050. The van der Waals surface area contributed by atoms with Crippen LogP contribution in [0.5, 0.6) is 0 Å². The van der Waals surface area contributed by atoms with Gasteiger partial charge in [-0.15, -0.1) is 10.2 Å². The highest BCUT2D eigenvalue weighted by molar-refractivity contribution is 5.81. The standard InChI is InChI=1S/C18H15N7O/c19-17(26)14(7-12-3-1-5-20-8-12)18-24-23-16-10-22-15(11-25(16)18)13-4-2-6-21-9-13/h1-6,8-11,14H,7H2,(H2,19,26). The number of amides is 1. The van der Waals surface area contributed by atoms with Gasteiger partial charge in [0.2, 0.25) is 5.91 Å². The topological polar surface area (TPSA) is 112 Å². The van der Waals surface area contributed by atoms with Crippen LogP contribution in [0.25, 0.3) is 16.9 Å². The molecular weight excluding hydrogens is 330 g/mol. The number of nitrogens with two attached hydrogens (primary N) is 1. The highest BCUT2D eigenvalue weighted by atomic mass is 16.1. The molecule has 8 heteroatoms. The molecule has 0 aliphatic heterocycles. The van der Waals surface area contributed by atoms with Crippen molar-refractivity contribution < 1.29 is 4.79 Å². The molecular formula is C18H15N7O. The minimum absolute atomic E-state index is 0.397. The van der Waals surface area contributed by atoms with Crippen LogP contribution >= 0.6 is 0 Å². The van der Waals surface area contributed by atoms with E-state index in [1.807, 2.05) is 24.3 Å². The summed E-state index contributed by atoms with van der Waals surface area (Å²) in [5.41, 5.74) is 8.66. The summed E-state index contributed by atoms with van der Waals surface area (Å²) in [6, 6.07) is 7.46. The first-order valence-corrected chi connectivity index (χ1v) is 8.01. The number of aromatic nitrogens is 6. The molecule has 4 aromatic rings. The number of hydrogen-bond donors (Lipinski definition) is 1. The summed E-state index contributed by atoms with van der Waals surface area (Å²) in [7, 11) is 0. The normalized spacial score (nSPS) is 12.2. The number of pyridine rings is 2. The average Bonchev–Trinajstić information content (AvgIpc) is 3.10. The molecule has 1 atom stereocenters. The van der Waals surface area contributed by atoms with Gasteiger partial charge in [-0.25, -0.2) is 0 Å². The molecule has 0 saturated carbocycles. The van der Waals surface area contributed by atoms with Crippen LogP contribution in [0.2, 0.25) is 0 Å².